The molecule has 2 N–H and O–H groups in total. The SMILES string of the molecule is Ic1ccc(C2NCCc3[nH]cnc32)cc1. The van der Waals surface area contributed by atoms with Crippen molar-refractivity contribution in [1.82, 2.24) is 15.3 Å². The Bertz CT molecular complexity index is 489. The number of hydrogen-bond acceptors (Lipinski definition) is 2. The number of H-pyrrole nitrogens is 1. The van der Waals surface area contributed by atoms with Crippen molar-refractivity contribution < 1.29 is 0 Å². The first-order chi connectivity index (χ1) is 7.84. The van der Waals surface area contributed by atoms with E-state index in [0.29, 0.717) is 0 Å². The lowest BCUT2D eigenvalue weighted by molar-refractivity contribution is 0.553. The molecule has 1 atom stereocenters. The molecular weight excluding hydrogens is 313 g/mol. The van der Waals surface area contributed by atoms with Crippen LogP contribution in [0.15, 0.2) is 30.6 Å². The Kier molecular flexibility index (Phi) is 2.69. The summed E-state index contributed by atoms with van der Waals surface area (Å²) in [4.78, 5) is 7.63. The molecule has 0 radical (unpaired) electrons. The molecule has 16 heavy (non-hydrogen) atoms. The van der Waals surface area contributed by atoms with E-state index in [4.69, 9.17) is 0 Å². The Hall–Kier alpha value is -0.880. The second-order valence-corrected chi connectivity index (χ2v) is 5.20. The number of aromatic amines is 1. The van der Waals surface area contributed by atoms with Crippen molar-refractivity contribution in [3.63, 3.8) is 0 Å². The number of hydrogen-bond donors (Lipinski definition) is 2. The van der Waals surface area contributed by atoms with Gasteiger partial charge in [0.1, 0.15) is 0 Å². The first-order valence-electron chi connectivity index (χ1n) is 5.35. The van der Waals surface area contributed by atoms with Gasteiger partial charge in [-0.2, -0.15) is 0 Å². The van der Waals surface area contributed by atoms with E-state index in [1.807, 2.05) is 0 Å². The quantitative estimate of drug-likeness (QED) is 0.790. The van der Waals surface area contributed by atoms with Gasteiger partial charge in [-0.25, -0.2) is 4.98 Å². The molecule has 0 aliphatic carbocycles. The minimum absolute atomic E-state index is 0.243. The van der Waals surface area contributed by atoms with E-state index in [2.05, 4.69) is 62.1 Å². The van der Waals surface area contributed by atoms with Crippen molar-refractivity contribution in [2.45, 2.75) is 12.5 Å². The Balaban J connectivity index is 2.00. The molecule has 3 nitrogen and oxygen atoms in total. The van der Waals surface area contributed by atoms with E-state index in [0.717, 1.165) is 18.7 Å². The van der Waals surface area contributed by atoms with Gasteiger partial charge in [-0.1, -0.05) is 12.1 Å². The van der Waals surface area contributed by atoms with Crippen LogP contribution < -0.4 is 5.32 Å². The van der Waals surface area contributed by atoms with Crippen molar-refractivity contribution in [2.24, 2.45) is 0 Å². The van der Waals surface area contributed by atoms with Crippen molar-refractivity contribution >= 4 is 22.6 Å². The lowest BCUT2D eigenvalue weighted by Crippen LogP contribution is -2.30. The maximum Gasteiger partial charge on any atom is 0.0926 e. The van der Waals surface area contributed by atoms with E-state index in [9.17, 15) is 0 Å². The summed E-state index contributed by atoms with van der Waals surface area (Å²) in [5, 5.41) is 3.51. The molecule has 1 aliphatic rings. The normalized spacial score (nSPS) is 19.4. The van der Waals surface area contributed by atoms with Crippen molar-refractivity contribution in [2.75, 3.05) is 6.54 Å². The summed E-state index contributed by atoms with van der Waals surface area (Å²) >= 11 is 2.32. The topological polar surface area (TPSA) is 40.7 Å². The van der Waals surface area contributed by atoms with Gasteiger partial charge >= 0.3 is 0 Å². The average molecular weight is 325 g/mol. The van der Waals surface area contributed by atoms with Gasteiger partial charge in [-0.05, 0) is 40.3 Å². The van der Waals surface area contributed by atoms with E-state index in [-0.39, 0.29) is 6.04 Å². The predicted octanol–water partition coefficient (Wildman–Crippen LogP) is 2.25. The Labute approximate surface area is 108 Å². The standard InChI is InChI=1S/C12H12IN3/c13-9-3-1-8(2-4-9)11-12-10(5-6-14-11)15-7-16-12/h1-4,7,11,14H,5-6H2,(H,15,16). The van der Waals surface area contributed by atoms with Crippen LogP contribution in [0.5, 0.6) is 0 Å². The number of imidazole rings is 1. The van der Waals surface area contributed by atoms with Gasteiger partial charge in [0, 0.05) is 22.2 Å². The second kappa shape index (κ2) is 4.18. The molecule has 82 valence electrons. The minimum atomic E-state index is 0.243. The maximum absolute atomic E-state index is 4.42. The number of rotatable bonds is 1. The van der Waals surface area contributed by atoms with Gasteiger partial charge in [-0.3, -0.25) is 0 Å². The molecule has 0 saturated carbocycles. The molecule has 0 amide bonds. The largest absolute Gasteiger partial charge is 0.348 e. The Morgan fingerprint density at radius 2 is 2.06 bits per heavy atom. The molecule has 0 bridgehead atoms. The Morgan fingerprint density at radius 1 is 1.25 bits per heavy atom. The van der Waals surface area contributed by atoms with Gasteiger partial charge in [0.2, 0.25) is 0 Å². The number of nitrogens with one attached hydrogen (secondary N) is 2. The number of benzene rings is 1. The summed E-state index contributed by atoms with van der Waals surface area (Å²) in [5.41, 5.74) is 3.70. The fourth-order valence-corrected chi connectivity index (χ4v) is 2.51. The first kappa shape index (κ1) is 10.3. The van der Waals surface area contributed by atoms with E-state index in [1.54, 1.807) is 6.33 Å². The molecular formula is C12H12IN3. The summed E-state index contributed by atoms with van der Waals surface area (Å²) in [5.74, 6) is 0. The van der Waals surface area contributed by atoms with Crippen LogP contribution in [0.3, 0.4) is 0 Å². The molecule has 0 saturated heterocycles. The van der Waals surface area contributed by atoms with Crippen LogP contribution in [-0.2, 0) is 6.42 Å². The zero-order valence-electron chi connectivity index (χ0n) is 8.70. The fraction of sp³-hybridized carbons (Fsp3) is 0.250. The molecule has 4 heteroatoms. The van der Waals surface area contributed by atoms with E-state index in [1.165, 1.54) is 14.8 Å². The number of nitrogens with zero attached hydrogens (tertiary/aromatic N) is 1. The molecule has 1 aromatic carbocycles. The highest BCUT2D eigenvalue weighted by Crippen LogP contribution is 2.26. The average Bonchev–Trinajstić information content (AvgIpc) is 2.78. The fourth-order valence-electron chi connectivity index (χ4n) is 2.15. The van der Waals surface area contributed by atoms with E-state index < -0.39 is 0 Å². The lowest BCUT2D eigenvalue weighted by Gasteiger charge is -2.23. The summed E-state index contributed by atoms with van der Waals surface area (Å²) in [7, 11) is 0. The highest BCUT2D eigenvalue weighted by Gasteiger charge is 2.23. The summed E-state index contributed by atoms with van der Waals surface area (Å²) in [6.45, 7) is 1.01. The number of halogens is 1. The van der Waals surface area contributed by atoms with Crippen LogP contribution >= 0.6 is 22.6 Å². The third-order valence-electron chi connectivity index (χ3n) is 2.95. The van der Waals surface area contributed by atoms with Crippen LogP contribution in [-0.4, -0.2) is 16.5 Å². The van der Waals surface area contributed by atoms with E-state index >= 15 is 0 Å². The predicted molar refractivity (Wildman–Crippen MR) is 71.3 cm³/mol. The lowest BCUT2D eigenvalue weighted by atomic mass is 9.98. The highest BCUT2D eigenvalue weighted by atomic mass is 127. The molecule has 3 rings (SSSR count). The van der Waals surface area contributed by atoms with Gasteiger partial charge in [0.25, 0.3) is 0 Å². The van der Waals surface area contributed by atoms with Crippen LogP contribution in [0.25, 0.3) is 0 Å². The van der Waals surface area contributed by atoms with Crippen LogP contribution in [0, 0.1) is 3.57 Å². The highest BCUT2D eigenvalue weighted by molar-refractivity contribution is 14.1. The third-order valence-corrected chi connectivity index (χ3v) is 3.67. The molecule has 0 spiro atoms. The molecule has 1 aliphatic heterocycles. The van der Waals surface area contributed by atoms with Gasteiger partial charge < -0.3 is 10.3 Å². The number of fused-ring (bicyclic) bond motifs is 1. The first-order valence-corrected chi connectivity index (χ1v) is 6.43. The second-order valence-electron chi connectivity index (χ2n) is 3.96. The summed E-state index contributed by atoms with van der Waals surface area (Å²) < 4.78 is 1.26. The van der Waals surface area contributed by atoms with Crippen molar-refractivity contribution in [3.05, 3.63) is 51.1 Å². The monoisotopic (exact) mass is 325 g/mol. The summed E-state index contributed by atoms with van der Waals surface area (Å²) in [6.07, 6.45) is 2.83. The minimum Gasteiger partial charge on any atom is -0.348 e. The number of aromatic nitrogens is 2. The zero-order valence-corrected chi connectivity index (χ0v) is 10.9. The zero-order chi connectivity index (χ0) is 11.0. The molecule has 0 fully saturated rings. The van der Waals surface area contributed by atoms with Gasteiger partial charge in [-0.15, -0.1) is 0 Å². The molecule has 2 aromatic rings. The molecule has 2 heterocycles. The molecule has 1 unspecified atom stereocenters. The third kappa shape index (κ3) is 1.76. The van der Waals surface area contributed by atoms with Crippen molar-refractivity contribution in [3.8, 4) is 0 Å². The summed E-state index contributed by atoms with van der Waals surface area (Å²) in [6, 6.07) is 8.86. The van der Waals surface area contributed by atoms with Crippen LogP contribution in [0.2, 0.25) is 0 Å². The Morgan fingerprint density at radius 3 is 2.88 bits per heavy atom. The van der Waals surface area contributed by atoms with Crippen LogP contribution in [0.1, 0.15) is 23.0 Å². The maximum atomic E-state index is 4.42. The molecule has 1 aromatic heterocycles. The van der Waals surface area contributed by atoms with Crippen molar-refractivity contribution in [1.29, 1.82) is 0 Å². The van der Waals surface area contributed by atoms with Gasteiger partial charge in [0.05, 0.1) is 18.1 Å². The van der Waals surface area contributed by atoms with Gasteiger partial charge in [0.15, 0.2) is 0 Å². The van der Waals surface area contributed by atoms with Crippen LogP contribution in [0.4, 0.5) is 0 Å². The smallest absolute Gasteiger partial charge is 0.0926 e.